The van der Waals surface area contributed by atoms with Crippen molar-refractivity contribution in [2.24, 2.45) is 0 Å². The van der Waals surface area contributed by atoms with Gasteiger partial charge in [0.2, 0.25) is 0 Å². The molecule has 10 heavy (non-hydrogen) atoms. The Bertz CT molecular complexity index is 168. The molecular formula is C7H12N2S. The van der Waals surface area contributed by atoms with E-state index in [1.807, 2.05) is 14.1 Å². The summed E-state index contributed by atoms with van der Waals surface area (Å²) < 4.78 is 0. The second-order valence-corrected chi connectivity index (χ2v) is 3.01. The van der Waals surface area contributed by atoms with E-state index in [1.165, 1.54) is 4.88 Å². The highest BCUT2D eigenvalue weighted by Gasteiger charge is 2.04. The van der Waals surface area contributed by atoms with Crippen LogP contribution in [0.1, 0.15) is 11.0 Å². The van der Waals surface area contributed by atoms with Crippen molar-refractivity contribution in [1.82, 2.24) is 10.6 Å². The van der Waals surface area contributed by atoms with Crippen molar-refractivity contribution in [1.29, 1.82) is 0 Å². The van der Waals surface area contributed by atoms with Crippen molar-refractivity contribution in [3.05, 3.63) is 22.4 Å². The number of nitrogens with one attached hydrogen (secondary N) is 2. The molecule has 1 rings (SSSR count). The van der Waals surface area contributed by atoms with Crippen LogP contribution in [-0.2, 0) is 0 Å². The molecule has 0 saturated heterocycles. The van der Waals surface area contributed by atoms with Crippen molar-refractivity contribution < 1.29 is 0 Å². The maximum absolute atomic E-state index is 3.15. The molecule has 1 aromatic rings. The van der Waals surface area contributed by atoms with E-state index in [1.54, 1.807) is 11.3 Å². The molecule has 0 aliphatic carbocycles. The lowest BCUT2D eigenvalue weighted by atomic mass is 10.4. The Morgan fingerprint density at radius 2 is 2.10 bits per heavy atom. The van der Waals surface area contributed by atoms with Crippen molar-refractivity contribution in [3.63, 3.8) is 0 Å². The molecule has 0 amide bonds. The van der Waals surface area contributed by atoms with E-state index in [0.29, 0.717) is 6.17 Å². The summed E-state index contributed by atoms with van der Waals surface area (Å²) in [6.45, 7) is 0. The van der Waals surface area contributed by atoms with Crippen molar-refractivity contribution >= 4 is 11.3 Å². The minimum Gasteiger partial charge on any atom is -0.301 e. The lowest BCUT2D eigenvalue weighted by Crippen LogP contribution is -2.27. The second kappa shape index (κ2) is 3.71. The molecule has 0 aliphatic heterocycles. The molecular weight excluding hydrogens is 144 g/mol. The molecule has 0 saturated carbocycles. The van der Waals surface area contributed by atoms with E-state index < -0.39 is 0 Å². The Balaban J connectivity index is 2.64. The predicted octanol–water partition coefficient (Wildman–Crippen LogP) is 1.19. The summed E-state index contributed by atoms with van der Waals surface area (Å²) in [5, 5.41) is 8.39. The number of hydrogen-bond donors (Lipinski definition) is 2. The zero-order valence-corrected chi connectivity index (χ0v) is 7.03. The van der Waals surface area contributed by atoms with Gasteiger partial charge in [-0.05, 0) is 25.5 Å². The van der Waals surface area contributed by atoms with Crippen LogP contribution in [0.2, 0.25) is 0 Å². The maximum atomic E-state index is 3.15. The molecule has 0 aromatic carbocycles. The van der Waals surface area contributed by atoms with Gasteiger partial charge in [-0.2, -0.15) is 0 Å². The fraction of sp³-hybridized carbons (Fsp3) is 0.429. The van der Waals surface area contributed by atoms with Gasteiger partial charge in [-0.3, -0.25) is 0 Å². The molecule has 3 heteroatoms. The second-order valence-electron chi connectivity index (χ2n) is 2.03. The molecule has 0 radical (unpaired) electrons. The molecule has 0 unspecified atom stereocenters. The fourth-order valence-corrected chi connectivity index (χ4v) is 1.73. The minimum absolute atomic E-state index is 0.306. The van der Waals surface area contributed by atoms with Gasteiger partial charge in [0.15, 0.2) is 0 Å². The lowest BCUT2D eigenvalue weighted by Gasteiger charge is -2.11. The summed E-state index contributed by atoms with van der Waals surface area (Å²) in [5.74, 6) is 0. The highest BCUT2D eigenvalue weighted by Crippen LogP contribution is 2.14. The highest BCUT2D eigenvalue weighted by atomic mass is 32.1. The average Bonchev–Trinajstić information content (AvgIpc) is 2.43. The van der Waals surface area contributed by atoms with Gasteiger partial charge in [0.25, 0.3) is 0 Å². The lowest BCUT2D eigenvalue weighted by molar-refractivity contribution is 0.528. The molecule has 2 nitrogen and oxygen atoms in total. The third-order valence-electron chi connectivity index (χ3n) is 1.41. The number of rotatable bonds is 3. The van der Waals surface area contributed by atoms with Gasteiger partial charge in [-0.1, -0.05) is 6.07 Å². The topological polar surface area (TPSA) is 24.1 Å². The van der Waals surface area contributed by atoms with Gasteiger partial charge in [-0.15, -0.1) is 11.3 Å². The van der Waals surface area contributed by atoms with Gasteiger partial charge in [-0.25, -0.2) is 0 Å². The fourth-order valence-electron chi connectivity index (χ4n) is 0.884. The third-order valence-corrected chi connectivity index (χ3v) is 2.34. The zero-order chi connectivity index (χ0) is 7.40. The minimum atomic E-state index is 0.306. The van der Waals surface area contributed by atoms with Crippen molar-refractivity contribution in [2.75, 3.05) is 14.1 Å². The summed E-state index contributed by atoms with van der Waals surface area (Å²) in [6.07, 6.45) is 0.306. The van der Waals surface area contributed by atoms with Crippen LogP contribution in [0.4, 0.5) is 0 Å². The van der Waals surface area contributed by atoms with Crippen LogP contribution in [0.25, 0.3) is 0 Å². The van der Waals surface area contributed by atoms with Crippen LogP contribution in [0.5, 0.6) is 0 Å². The van der Waals surface area contributed by atoms with Crippen LogP contribution >= 0.6 is 11.3 Å². The quantitative estimate of drug-likeness (QED) is 0.642. The van der Waals surface area contributed by atoms with Crippen LogP contribution in [0, 0.1) is 0 Å². The molecule has 1 aromatic heterocycles. The van der Waals surface area contributed by atoms with Gasteiger partial charge < -0.3 is 10.6 Å². The smallest absolute Gasteiger partial charge is 0.0925 e. The first-order chi connectivity index (χ1) is 4.88. The molecule has 0 bridgehead atoms. The Morgan fingerprint density at radius 3 is 2.50 bits per heavy atom. The molecule has 0 spiro atoms. The van der Waals surface area contributed by atoms with Crippen LogP contribution in [-0.4, -0.2) is 14.1 Å². The van der Waals surface area contributed by atoms with Crippen molar-refractivity contribution in [2.45, 2.75) is 6.17 Å². The molecule has 2 N–H and O–H groups in total. The first kappa shape index (κ1) is 7.72. The van der Waals surface area contributed by atoms with E-state index in [0.717, 1.165) is 0 Å². The van der Waals surface area contributed by atoms with Gasteiger partial charge in [0, 0.05) is 4.88 Å². The molecule has 0 fully saturated rings. The zero-order valence-electron chi connectivity index (χ0n) is 6.22. The summed E-state index contributed by atoms with van der Waals surface area (Å²) >= 11 is 1.76. The first-order valence-electron chi connectivity index (χ1n) is 3.26. The monoisotopic (exact) mass is 156 g/mol. The van der Waals surface area contributed by atoms with E-state index >= 15 is 0 Å². The molecule has 0 aliphatic rings. The SMILES string of the molecule is CNC(NC)c1cccs1. The molecule has 0 atom stereocenters. The predicted molar refractivity (Wildman–Crippen MR) is 45.2 cm³/mol. The molecule has 56 valence electrons. The summed E-state index contributed by atoms with van der Waals surface area (Å²) in [4.78, 5) is 1.32. The average molecular weight is 156 g/mol. The largest absolute Gasteiger partial charge is 0.301 e. The van der Waals surface area contributed by atoms with Crippen LogP contribution < -0.4 is 10.6 Å². The number of hydrogen-bond acceptors (Lipinski definition) is 3. The highest BCUT2D eigenvalue weighted by molar-refractivity contribution is 7.10. The Morgan fingerprint density at radius 1 is 1.40 bits per heavy atom. The number of thiophene rings is 1. The van der Waals surface area contributed by atoms with Crippen LogP contribution in [0.3, 0.4) is 0 Å². The van der Waals surface area contributed by atoms with E-state index in [4.69, 9.17) is 0 Å². The Hall–Kier alpha value is -0.380. The van der Waals surface area contributed by atoms with E-state index in [9.17, 15) is 0 Å². The Kier molecular flexibility index (Phi) is 2.86. The van der Waals surface area contributed by atoms with E-state index in [2.05, 4.69) is 28.1 Å². The normalized spacial score (nSPS) is 10.7. The van der Waals surface area contributed by atoms with Crippen LogP contribution in [0.15, 0.2) is 17.5 Å². The Labute approximate surface area is 65.3 Å². The maximum Gasteiger partial charge on any atom is 0.0925 e. The third kappa shape index (κ3) is 1.56. The van der Waals surface area contributed by atoms with Gasteiger partial charge >= 0.3 is 0 Å². The van der Waals surface area contributed by atoms with Crippen molar-refractivity contribution in [3.8, 4) is 0 Å². The standard InChI is InChI=1S/C7H12N2S/c1-8-7(9-2)6-4-3-5-10-6/h3-5,7-9H,1-2H3. The molecule has 1 heterocycles. The summed E-state index contributed by atoms with van der Waals surface area (Å²) in [5.41, 5.74) is 0. The summed E-state index contributed by atoms with van der Waals surface area (Å²) in [6, 6.07) is 4.17. The van der Waals surface area contributed by atoms with Gasteiger partial charge in [0.05, 0.1) is 6.17 Å². The van der Waals surface area contributed by atoms with Gasteiger partial charge in [0.1, 0.15) is 0 Å². The first-order valence-corrected chi connectivity index (χ1v) is 4.14. The van der Waals surface area contributed by atoms with E-state index in [-0.39, 0.29) is 0 Å². The summed E-state index contributed by atoms with van der Waals surface area (Å²) in [7, 11) is 3.89.